The largest absolute Gasteiger partial charge is 0.324 e. The molecule has 6 rings (SSSR count). The molecule has 9 heteroatoms. The molecule has 1 saturated heterocycles. The summed E-state index contributed by atoms with van der Waals surface area (Å²) in [5.74, 6) is -2.05. The highest BCUT2D eigenvalue weighted by Crippen LogP contribution is 2.53. The van der Waals surface area contributed by atoms with E-state index in [2.05, 4.69) is 5.32 Å². The summed E-state index contributed by atoms with van der Waals surface area (Å²) >= 11 is 2.27. The number of anilines is 2. The maximum Gasteiger partial charge on any atom is 0.308 e. The quantitative estimate of drug-likeness (QED) is 0.352. The van der Waals surface area contributed by atoms with Gasteiger partial charge < -0.3 is 5.32 Å². The molecule has 3 atom stereocenters. The van der Waals surface area contributed by atoms with E-state index in [1.54, 1.807) is 12.1 Å². The van der Waals surface area contributed by atoms with Crippen LogP contribution in [-0.4, -0.2) is 27.5 Å². The van der Waals surface area contributed by atoms with Gasteiger partial charge in [-0.3, -0.25) is 23.7 Å². The Bertz CT molecular complexity index is 1660. The van der Waals surface area contributed by atoms with Crippen LogP contribution in [0.3, 0.4) is 0 Å². The molecule has 0 radical (unpaired) electrons. The molecule has 196 valence electrons. The van der Waals surface area contributed by atoms with E-state index in [1.807, 2.05) is 80.6 Å². The van der Waals surface area contributed by atoms with E-state index in [-0.39, 0.29) is 29.1 Å². The number of thioether (sulfide) groups is 1. The molecule has 0 aliphatic carbocycles. The van der Waals surface area contributed by atoms with Gasteiger partial charge in [-0.2, -0.15) is 0 Å². The first-order valence-electron chi connectivity index (χ1n) is 12.6. The molecule has 3 amide bonds. The predicted octanol–water partition coefficient (Wildman–Crippen LogP) is 4.96. The Kier molecular flexibility index (Phi) is 6.48. The standard InChI is InChI=1S/C30H25N3O4S2/c1-17-12-14-20(15-13-17)33-27(35)24-23(19-9-4-3-5-10-19)26-29(38-25(24)28(33)36)32(30(37)39-26)16-22(34)31-21-11-7-6-8-18(21)2/h3-15,23-25H,16H2,1-2H3,(H,31,34). The van der Waals surface area contributed by atoms with Crippen molar-refractivity contribution in [1.82, 2.24) is 4.57 Å². The van der Waals surface area contributed by atoms with Crippen molar-refractivity contribution in [2.75, 3.05) is 10.2 Å². The minimum Gasteiger partial charge on any atom is -0.324 e. The second-order valence-electron chi connectivity index (χ2n) is 9.79. The van der Waals surface area contributed by atoms with Crippen molar-refractivity contribution < 1.29 is 14.4 Å². The Morgan fingerprint density at radius 3 is 2.28 bits per heavy atom. The predicted molar refractivity (Wildman–Crippen MR) is 153 cm³/mol. The molecule has 0 spiro atoms. The van der Waals surface area contributed by atoms with Crippen LogP contribution in [0.15, 0.2) is 88.7 Å². The van der Waals surface area contributed by atoms with Crippen LogP contribution in [0.2, 0.25) is 0 Å². The molecule has 39 heavy (non-hydrogen) atoms. The number of fused-ring (bicyclic) bond motifs is 2. The number of imide groups is 1. The van der Waals surface area contributed by atoms with E-state index < -0.39 is 17.1 Å². The van der Waals surface area contributed by atoms with Gasteiger partial charge in [-0.25, -0.2) is 4.90 Å². The number of rotatable bonds is 5. The lowest BCUT2D eigenvalue weighted by molar-refractivity contribution is -0.122. The van der Waals surface area contributed by atoms with Crippen LogP contribution in [0, 0.1) is 19.8 Å². The van der Waals surface area contributed by atoms with Crippen molar-refractivity contribution in [1.29, 1.82) is 0 Å². The number of thiazole rings is 1. The lowest BCUT2D eigenvalue weighted by Gasteiger charge is -2.30. The fourth-order valence-corrected chi connectivity index (χ4v) is 8.04. The Hall–Kier alpha value is -3.95. The summed E-state index contributed by atoms with van der Waals surface area (Å²) < 4.78 is 1.44. The summed E-state index contributed by atoms with van der Waals surface area (Å²) in [6.45, 7) is 3.66. The minimum absolute atomic E-state index is 0.186. The molecule has 2 aliphatic heterocycles. The summed E-state index contributed by atoms with van der Waals surface area (Å²) in [6, 6.07) is 24.3. The minimum atomic E-state index is -0.712. The van der Waals surface area contributed by atoms with Crippen LogP contribution in [0.5, 0.6) is 0 Å². The van der Waals surface area contributed by atoms with Gasteiger partial charge in [0.25, 0.3) is 0 Å². The van der Waals surface area contributed by atoms with Crippen LogP contribution in [-0.2, 0) is 20.9 Å². The summed E-state index contributed by atoms with van der Waals surface area (Å²) in [4.78, 5) is 55.6. The first kappa shape index (κ1) is 25.3. The second-order valence-corrected chi connectivity index (χ2v) is 11.9. The molecule has 1 aromatic heterocycles. The zero-order valence-electron chi connectivity index (χ0n) is 21.3. The summed E-state index contributed by atoms with van der Waals surface area (Å²) in [5.41, 5.74) is 4.02. The molecule has 7 nitrogen and oxygen atoms in total. The summed E-state index contributed by atoms with van der Waals surface area (Å²) in [7, 11) is 0. The van der Waals surface area contributed by atoms with Gasteiger partial charge in [-0.05, 0) is 43.2 Å². The third-order valence-electron chi connectivity index (χ3n) is 7.22. The number of aromatic nitrogens is 1. The van der Waals surface area contributed by atoms with Gasteiger partial charge in [-0.1, -0.05) is 89.3 Å². The smallest absolute Gasteiger partial charge is 0.308 e. The molecule has 3 heterocycles. The third kappa shape index (κ3) is 4.41. The molecule has 1 N–H and O–H groups in total. The molecular weight excluding hydrogens is 530 g/mol. The van der Waals surface area contributed by atoms with Gasteiger partial charge in [0.15, 0.2) is 0 Å². The van der Waals surface area contributed by atoms with Crippen LogP contribution in [0.1, 0.15) is 27.5 Å². The fourth-order valence-electron chi connectivity index (χ4n) is 5.27. The highest BCUT2D eigenvalue weighted by atomic mass is 32.2. The topological polar surface area (TPSA) is 88.5 Å². The monoisotopic (exact) mass is 555 g/mol. The Balaban J connectivity index is 1.40. The van der Waals surface area contributed by atoms with Gasteiger partial charge in [0, 0.05) is 16.5 Å². The first-order chi connectivity index (χ1) is 18.8. The van der Waals surface area contributed by atoms with Gasteiger partial charge in [-0.15, -0.1) is 0 Å². The average Bonchev–Trinajstić information content (AvgIpc) is 3.37. The number of aryl methyl sites for hydroxylation is 2. The fraction of sp³-hybridized carbons (Fsp3) is 0.200. The first-order valence-corrected chi connectivity index (χ1v) is 14.3. The summed E-state index contributed by atoms with van der Waals surface area (Å²) in [6.07, 6.45) is 0. The van der Waals surface area contributed by atoms with Gasteiger partial charge in [0.05, 0.1) is 16.6 Å². The van der Waals surface area contributed by atoms with E-state index in [9.17, 15) is 19.2 Å². The number of hydrogen-bond donors (Lipinski definition) is 1. The molecule has 1 fully saturated rings. The van der Waals surface area contributed by atoms with Crippen LogP contribution in [0.4, 0.5) is 11.4 Å². The normalized spacial score (nSPS) is 20.1. The highest BCUT2D eigenvalue weighted by Gasteiger charge is 2.56. The number of benzene rings is 3. The van der Waals surface area contributed by atoms with Crippen molar-refractivity contribution in [2.24, 2.45) is 5.92 Å². The maximum absolute atomic E-state index is 13.9. The van der Waals surface area contributed by atoms with Crippen molar-refractivity contribution >= 4 is 52.2 Å². The van der Waals surface area contributed by atoms with Gasteiger partial charge >= 0.3 is 4.87 Å². The number of nitrogens with zero attached hydrogens (tertiary/aromatic N) is 2. The highest BCUT2D eigenvalue weighted by molar-refractivity contribution is 8.00. The van der Waals surface area contributed by atoms with E-state index in [4.69, 9.17) is 0 Å². The maximum atomic E-state index is 13.9. The van der Waals surface area contributed by atoms with Crippen LogP contribution < -0.4 is 15.1 Å². The Morgan fingerprint density at radius 1 is 0.872 bits per heavy atom. The molecule has 4 aromatic rings. The third-order valence-corrected chi connectivity index (χ3v) is 9.82. The number of amides is 3. The molecule has 3 aromatic carbocycles. The van der Waals surface area contributed by atoms with Crippen LogP contribution >= 0.6 is 23.1 Å². The van der Waals surface area contributed by atoms with Crippen LogP contribution in [0.25, 0.3) is 0 Å². The van der Waals surface area contributed by atoms with Crippen molar-refractivity contribution in [3.8, 4) is 0 Å². The lowest BCUT2D eigenvalue weighted by Crippen LogP contribution is -2.33. The number of carbonyl (C=O) groups is 3. The summed E-state index contributed by atoms with van der Waals surface area (Å²) in [5, 5.41) is 2.75. The zero-order valence-corrected chi connectivity index (χ0v) is 22.9. The number of carbonyl (C=O) groups excluding carboxylic acids is 3. The molecule has 0 bridgehead atoms. The average molecular weight is 556 g/mol. The van der Waals surface area contributed by atoms with Crippen molar-refractivity contribution in [3.05, 3.63) is 110 Å². The van der Waals surface area contributed by atoms with Gasteiger partial charge in [0.1, 0.15) is 11.8 Å². The zero-order chi connectivity index (χ0) is 27.3. The van der Waals surface area contributed by atoms with E-state index in [0.717, 1.165) is 28.0 Å². The molecule has 0 saturated carbocycles. The SMILES string of the molecule is Cc1ccc(N2C(=O)C3Sc4c(sc(=O)n4CC(=O)Nc4ccccc4C)C(c4ccccc4)C3C2=O)cc1. The molecule has 3 unspecified atom stereocenters. The Morgan fingerprint density at radius 2 is 1.56 bits per heavy atom. The van der Waals surface area contributed by atoms with Crippen molar-refractivity contribution in [2.45, 2.75) is 36.6 Å². The number of hydrogen-bond acceptors (Lipinski definition) is 6. The van der Waals surface area contributed by atoms with E-state index in [0.29, 0.717) is 21.3 Å². The lowest BCUT2D eigenvalue weighted by atomic mass is 9.83. The molecule has 2 aliphatic rings. The van der Waals surface area contributed by atoms with E-state index >= 15 is 0 Å². The van der Waals surface area contributed by atoms with Crippen molar-refractivity contribution in [3.63, 3.8) is 0 Å². The van der Waals surface area contributed by atoms with Gasteiger partial charge in [0.2, 0.25) is 17.7 Å². The number of nitrogens with one attached hydrogen (secondary N) is 1. The Labute approximate surface area is 233 Å². The van der Waals surface area contributed by atoms with E-state index in [1.165, 1.54) is 21.2 Å². The molecular formula is C30H25N3O4S2. The number of para-hydroxylation sites is 1. The second kappa shape index (κ2) is 9.98.